The summed E-state index contributed by atoms with van der Waals surface area (Å²) in [5.41, 5.74) is 1.77. The Balaban J connectivity index is 2.52. The molecule has 0 aliphatic rings. The minimum Gasteiger partial charge on any atom is -0.487 e. The lowest BCUT2D eigenvalue weighted by molar-refractivity contribution is -0.119. The minimum atomic E-state index is -0.0171. The van der Waals surface area contributed by atoms with Crippen molar-refractivity contribution in [3.8, 4) is 5.75 Å². The molecule has 0 radical (unpaired) electrons. The van der Waals surface area contributed by atoms with Crippen LogP contribution in [0.25, 0.3) is 0 Å². The quantitative estimate of drug-likeness (QED) is 0.708. The summed E-state index contributed by atoms with van der Waals surface area (Å²) < 4.78 is 5.62. The third-order valence-electron chi connectivity index (χ3n) is 2.37. The van der Waals surface area contributed by atoms with Crippen LogP contribution in [0.4, 0.5) is 5.69 Å². The second-order valence-corrected chi connectivity index (χ2v) is 4.45. The number of ether oxygens (including phenoxy) is 1. The van der Waals surface area contributed by atoms with Crippen molar-refractivity contribution in [3.63, 3.8) is 0 Å². The summed E-state index contributed by atoms with van der Waals surface area (Å²) in [5, 5.41) is 5.89. The molecule has 19 heavy (non-hydrogen) atoms. The van der Waals surface area contributed by atoms with Gasteiger partial charge in [0.25, 0.3) is 0 Å². The molecule has 0 aliphatic carbocycles. The van der Waals surface area contributed by atoms with E-state index in [-0.39, 0.29) is 12.5 Å². The largest absolute Gasteiger partial charge is 0.487 e. The molecule has 0 atom stereocenters. The first kappa shape index (κ1) is 15.1. The molecule has 0 fully saturated rings. The average Bonchev–Trinajstić information content (AvgIpc) is 2.41. The molecule has 0 spiro atoms. The highest BCUT2D eigenvalue weighted by atomic mass is 16.5. The van der Waals surface area contributed by atoms with Crippen molar-refractivity contribution in [1.82, 2.24) is 5.32 Å². The van der Waals surface area contributed by atoms with E-state index in [2.05, 4.69) is 17.2 Å². The number of carbonyl (C=O) groups is 1. The molecule has 1 amide bonds. The van der Waals surface area contributed by atoms with E-state index >= 15 is 0 Å². The molecule has 4 nitrogen and oxygen atoms in total. The van der Waals surface area contributed by atoms with Gasteiger partial charge in [-0.2, -0.15) is 0 Å². The van der Waals surface area contributed by atoms with Crippen molar-refractivity contribution in [1.29, 1.82) is 0 Å². The number of rotatable bonds is 8. The SMILES string of the molecule is C=C(C)COc1ccccc1NCC(=O)NCCC. The monoisotopic (exact) mass is 262 g/mol. The van der Waals surface area contributed by atoms with Gasteiger partial charge in [0.15, 0.2) is 0 Å². The summed E-state index contributed by atoms with van der Waals surface area (Å²) in [7, 11) is 0. The van der Waals surface area contributed by atoms with Crippen molar-refractivity contribution in [2.45, 2.75) is 20.3 Å². The van der Waals surface area contributed by atoms with Gasteiger partial charge in [0.05, 0.1) is 12.2 Å². The second-order valence-electron chi connectivity index (χ2n) is 4.45. The third kappa shape index (κ3) is 5.95. The van der Waals surface area contributed by atoms with Crippen LogP contribution in [0, 0.1) is 0 Å². The molecule has 4 heteroatoms. The van der Waals surface area contributed by atoms with Gasteiger partial charge in [0, 0.05) is 6.54 Å². The van der Waals surface area contributed by atoms with Crippen LogP contribution in [0.15, 0.2) is 36.4 Å². The van der Waals surface area contributed by atoms with Gasteiger partial charge in [-0.25, -0.2) is 0 Å². The maximum Gasteiger partial charge on any atom is 0.239 e. The van der Waals surface area contributed by atoms with Crippen LogP contribution >= 0.6 is 0 Å². The van der Waals surface area contributed by atoms with Gasteiger partial charge < -0.3 is 15.4 Å². The molecule has 104 valence electrons. The van der Waals surface area contributed by atoms with E-state index in [0.717, 1.165) is 23.4 Å². The summed E-state index contributed by atoms with van der Waals surface area (Å²) in [6.45, 7) is 9.15. The van der Waals surface area contributed by atoms with E-state index in [1.165, 1.54) is 0 Å². The first-order valence-electron chi connectivity index (χ1n) is 6.50. The summed E-state index contributed by atoms with van der Waals surface area (Å²) >= 11 is 0. The topological polar surface area (TPSA) is 50.4 Å². The number of hydrogen-bond acceptors (Lipinski definition) is 3. The summed E-state index contributed by atoms with van der Waals surface area (Å²) in [4.78, 5) is 11.5. The smallest absolute Gasteiger partial charge is 0.239 e. The average molecular weight is 262 g/mol. The maximum atomic E-state index is 11.5. The molecule has 1 aromatic carbocycles. The molecule has 0 aromatic heterocycles. The van der Waals surface area contributed by atoms with E-state index in [0.29, 0.717) is 13.2 Å². The van der Waals surface area contributed by atoms with E-state index < -0.39 is 0 Å². The van der Waals surface area contributed by atoms with E-state index in [1.807, 2.05) is 38.1 Å². The van der Waals surface area contributed by atoms with Crippen LogP contribution in [-0.4, -0.2) is 25.6 Å². The number of amides is 1. The predicted octanol–water partition coefficient (Wildman–Crippen LogP) is 2.58. The Morgan fingerprint density at radius 2 is 2.11 bits per heavy atom. The zero-order valence-corrected chi connectivity index (χ0v) is 11.7. The molecule has 0 saturated carbocycles. The van der Waals surface area contributed by atoms with Crippen molar-refractivity contribution in [2.24, 2.45) is 0 Å². The van der Waals surface area contributed by atoms with Crippen LogP contribution in [-0.2, 0) is 4.79 Å². The van der Waals surface area contributed by atoms with Gasteiger partial charge in [-0.05, 0) is 31.1 Å². The third-order valence-corrected chi connectivity index (χ3v) is 2.37. The fourth-order valence-corrected chi connectivity index (χ4v) is 1.44. The number of carbonyl (C=O) groups excluding carboxylic acids is 1. The Kier molecular flexibility index (Phi) is 6.50. The van der Waals surface area contributed by atoms with Gasteiger partial charge >= 0.3 is 0 Å². The van der Waals surface area contributed by atoms with Gasteiger partial charge in [-0.3, -0.25) is 4.79 Å². The predicted molar refractivity (Wildman–Crippen MR) is 78.5 cm³/mol. The molecule has 0 saturated heterocycles. The van der Waals surface area contributed by atoms with Crippen molar-refractivity contribution >= 4 is 11.6 Å². The Morgan fingerprint density at radius 3 is 2.79 bits per heavy atom. The van der Waals surface area contributed by atoms with Crippen molar-refractivity contribution in [3.05, 3.63) is 36.4 Å². The standard InChI is InChI=1S/C15H22N2O2/c1-4-9-16-15(18)10-17-13-7-5-6-8-14(13)19-11-12(2)3/h5-8,17H,2,4,9-11H2,1,3H3,(H,16,18). The van der Waals surface area contributed by atoms with Crippen LogP contribution in [0.3, 0.4) is 0 Å². The highest BCUT2D eigenvalue weighted by molar-refractivity contribution is 5.81. The number of hydrogen-bond donors (Lipinski definition) is 2. The van der Waals surface area contributed by atoms with Crippen molar-refractivity contribution < 1.29 is 9.53 Å². The molecule has 2 N–H and O–H groups in total. The molecule has 1 rings (SSSR count). The summed E-state index contributed by atoms with van der Waals surface area (Å²) in [6.07, 6.45) is 0.935. The molecule has 0 unspecified atom stereocenters. The van der Waals surface area contributed by atoms with E-state index in [1.54, 1.807) is 0 Å². The lowest BCUT2D eigenvalue weighted by Crippen LogP contribution is -2.30. The van der Waals surface area contributed by atoms with Crippen LogP contribution in [0.2, 0.25) is 0 Å². The highest BCUT2D eigenvalue weighted by Gasteiger charge is 2.05. The Labute approximate surface area is 114 Å². The second kappa shape index (κ2) is 8.19. The highest BCUT2D eigenvalue weighted by Crippen LogP contribution is 2.23. The van der Waals surface area contributed by atoms with Gasteiger partial charge in [-0.15, -0.1) is 0 Å². The molecule has 0 bridgehead atoms. The van der Waals surface area contributed by atoms with Gasteiger partial charge in [-0.1, -0.05) is 25.6 Å². The van der Waals surface area contributed by atoms with E-state index in [9.17, 15) is 4.79 Å². The van der Waals surface area contributed by atoms with Gasteiger partial charge in [0.1, 0.15) is 12.4 Å². The zero-order chi connectivity index (χ0) is 14.1. The maximum absolute atomic E-state index is 11.5. The molecule has 0 heterocycles. The fraction of sp³-hybridized carbons (Fsp3) is 0.400. The number of benzene rings is 1. The normalized spacial score (nSPS) is 9.79. The molecular weight excluding hydrogens is 240 g/mol. The van der Waals surface area contributed by atoms with Crippen molar-refractivity contribution in [2.75, 3.05) is 25.0 Å². The zero-order valence-electron chi connectivity index (χ0n) is 11.7. The molecular formula is C15H22N2O2. The number of nitrogens with one attached hydrogen (secondary N) is 2. The van der Waals surface area contributed by atoms with Crippen LogP contribution in [0.5, 0.6) is 5.75 Å². The molecule has 0 aliphatic heterocycles. The molecule has 1 aromatic rings. The Morgan fingerprint density at radius 1 is 1.37 bits per heavy atom. The van der Waals surface area contributed by atoms with Crippen LogP contribution in [0.1, 0.15) is 20.3 Å². The van der Waals surface area contributed by atoms with E-state index in [4.69, 9.17) is 4.74 Å². The Bertz CT molecular complexity index is 430. The fourth-order valence-electron chi connectivity index (χ4n) is 1.44. The lowest BCUT2D eigenvalue weighted by Gasteiger charge is -2.13. The van der Waals surface area contributed by atoms with Crippen LogP contribution < -0.4 is 15.4 Å². The summed E-state index contributed by atoms with van der Waals surface area (Å²) in [6, 6.07) is 7.56. The minimum absolute atomic E-state index is 0.0171. The van der Waals surface area contributed by atoms with Gasteiger partial charge in [0.2, 0.25) is 5.91 Å². The summed E-state index contributed by atoms with van der Waals surface area (Å²) in [5.74, 6) is 0.713. The number of para-hydroxylation sites is 2. The lowest BCUT2D eigenvalue weighted by atomic mass is 10.3. The first-order chi connectivity index (χ1) is 9.13. The number of anilines is 1. The Hall–Kier alpha value is -1.97. The first-order valence-corrected chi connectivity index (χ1v) is 6.50.